The molecule has 0 saturated carbocycles. The van der Waals surface area contributed by atoms with E-state index in [0.29, 0.717) is 0 Å². The van der Waals surface area contributed by atoms with Crippen molar-refractivity contribution < 1.29 is 0 Å². The molecule has 0 radical (unpaired) electrons. The van der Waals surface area contributed by atoms with E-state index in [4.69, 9.17) is 4.98 Å². The lowest BCUT2D eigenvalue weighted by Crippen LogP contribution is -1.91. The molecule has 0 aliphatic heterocycles. The molecule has 0 saturated heterocycles. The fourth-order valence-corrected chi connectivity index (χ4v) is 2.72. The molecule has 0 N–H and O–H groups in total. The number of fused-ring (bicyclic) bond motifs is 1. The Morgan fingerprint density at radius 2 is 1.52 bits per heavy atom. The van der Waals surface area contributed by atoms with Crippen molar-refractivity contribution in [2.24, 2.45) is 0 Å². The molecule has 2 aromatic heterocycles. The van der Waals surface area contributed by atoms with Crippen LogP contribution in [0.4, 0.5) is 0 Å². The molecular formula is C22H17N3. The van der Waals surface area contributed by atoms with Gasteiger partial charge in [0.25, 0.3) is 0 Å². The molecule has 3 nitrogen and oxygen atoms in total. The minimum absolute atomic E-state index is 0.759. The summed E-state index contributed by atoms with van der Waals surface area (Å²) in [5.41, 5.74) is 5.85. The van der Waals surface area contributed by atoms with Gasteiger partial charge >= 0.3 is 0 Å². The molecule has 0 aliphatic carbocycles. The van der Waals surface area contributed by atoms with Crippen LogP contribution in [0.5, 0.6) is 0 Å². The highest BCUT2D eigenvalue weighted by Crippen LogP contribution is 2.17. The summed E-state index contributed by atoms with van der Waals surface area (Å²) in [5.74, 6) is 0. The van der Waals surface area contributed by atoms with Crippen molar-refractivity contribution in [1.82, 2.24) is 15.0 Å². The summed E-state index contributed by atoms with van der Waals surface area (Å²) in [6.07, 6.45) is 6.63. The topological polar surface area (TPSA) is 38.7 Å². The fraction of sp³-hybridized carbons (Fsp3) is 0.0455. The number of hydrogen-bond acceptors (Lipinski definition) is 3. The van der Waals surface area contributed by atoms with Crippen molar-refractivity contribution in [3.63, 3.8) is 0 Å². The van der Waals surface area contributed by atoms with Crippen LogP contribution in [0.15, 0.2) is 85.1 Å². The van der Waals surface area contributed by atoms with Gasteiger partial charge in [0.15, 0.2) is 0 Å². The molecule has 0 bridgehead atoms. The molecule has 120 valence electrons. The second-order valence-electron chi connectivity index (χ2n) is 5.77. The Morgan fingerprint density at radius 1 is 0.720 bits per heavy atom. The molecule has 25 heavy (non-hydrogen) atoms. The lowest BCUT2D eigenvalue weighted by molar-refractivity contribution is 1.12. The number of nitrogens with zero attached hydrogens (tertiary/aromatic N) is 3. The summed E-state index contributed by atoms with van der Waals surface area (Å²) in [5, 5.41) is 0. The molecule has 0 spiro atoms. The van der Waals surface area contributed by atoms with Crippen LogP contribution in [-0.2, 0) is 6.42 Å². The standard InChI is InChI=1S/C22H17N3/c1-2-8-17(9-3-1)20-15-7-11-18(24-20)10-6-12-19-16-23-21-13-4-5-14-22(21)25-19/h1-9,11-16H,10H2/b12-6+. The minimum atomic E-state index is 0.759. The number of para-hydroxylation sites is 2. The summed E-state index contributed by atoms with van der Waals surface area (Å²) in [7, 11) is 0. The van der Waals surface area contributed by atoms with Gasteiger partial charge in [-0.25, -0.2) is 4.98 Å². The molecule has 2 heterocycles. The maximum Gasteiger partial charge on any atom is 0.0894 e. The number of rotatable bonds is 4. The van der Waals surface area contributed by atoms with Gasteiger partial charge in [-0.2, -0.15) is 0 Å². The zero-order chi connectivity index (χ0) is 16.9. The van der Waals surface area contributed by atoms with E-state index < -0.39 is 0 Å². The molecular weight excluding hydrogens is 306 g/mol. The second kappa shape index (κ2) is 7.05. The molecule has 0 atom stereocenters. The van der Waals surface area contributed by atoms with E-state index >= 15 is 0 Å². The first-order valence-electron chi connectivity index (χ1n) is 8.28. The lowest BCUT2D eigenvalue weighted by Gasteiger charge is -2.03. The van der Waals surface area contributed by atoms with Gasteiger partial charge < -0.3 is 0 Å². The van der Waals surface area contributed by atoms with Crippen LogP contribution in [-0.4, -0.2) is 15.0 Å². The number of aromatic nitrogens is 3. The Hall–Kier alpha value is -3.33. The van der Waals surface area contributed by atoms with Crippen molar-refractivity contribution in [2.75, 3.05) is 0 Å². The van der Waals surface area contributed by atoms with Gasteiger partial charge in [0, 0.05) is 17.7 Å². The Kier molecular flexibility index (Phi) is 4.29. The number of benzene rings is 2. The van der Waals surface area contributed by atoms with Gasteiger partial charge in [-0.1, -0.05) is 54.6 Å². The second-order valence-corrected chi connectivity index (χ2v) is 5.77. The first-order valence-corrected chi connectivity index (χ1v) is 8.28. The van der Waals surface area contributed by atoms with Crippen molar-refractivity contribution in [3.05, 3.63) is 96.5 Å². The molecule has 2 aromatic carbocycles. The van der Waals surface area contributed by atoms with Crippen LogP contribution in [0, 0.1) is 0 Å². The Bertz CT molecular complexity index is 1020. The lowest BCUT2D eigenvalue weighted by atomic mass is 10.1. The van der Waals surface area contributed by atoms with Gasteiger partial charge in [0.2, 0.25) is 0 Å². The van der Waals surface area contributed by atoms with E-state index in [-0.39, 0.29) is 0 Å². The van der Waals surface area contributed by atoms with Crippen molar-refractivity contribution in [3.8, 4) is 11.3 Å². The normalized spacial score (nSPS) is 11.2. The van der Waals surface area contributed by atoms with Gasteiger partial charge in [0.1, 0.15) is 0 Å². The van der Waals surface area contributed by atoms with Crippen molar-refractivity contribution in [1.29, 1.82) is 0 Å². The molecule has 3 heteroatoms. The van der Waals surface area contributed by atoms with Gasteiger partial charge in [-0.05, 0) is 30.3 Å². The summed E-state index contributed by atoms with van der Waals surface area (Å²) in [4.78, 5) is 13.8. The number of pyridine rings is 1. The van der Waals surface area contributed by atoms with E-state index in [0.717, 1.165) is 40.1 Å². The zero-order valence-electron chi connectivity index (χ0n) is 13.7. The molecule has 0 aliphatic rings. The van der Waals surface area contributed by atoms with Gasteiger partial charge in [-0.3, -0.25) is 9.97 Å². The largest absolute Gasteiger partial charge is 0.253 e. The number of allylic oxidation sites excluding steroid dienone is 1. The monoisotopic (exact) mass is 323 g/mol. The predicted octanol–water partition coefficient (Wildman–Crippen LogP) is 4.95. The third-order valence-corrected chi connectivity index (χ3v) is 3.96. The quantitative estimate of drug-likeness (QED) is 0.533. The Morgan fingerprint density at radius 3 is 2.40 bits per heavy atom. The summed E-state index contributed by atoms with van der Waals surface area (Å²) < 4.78 is 0. The highest BCUT2D eigenvalue weighted by Gasteiger charge is 2.00. The van der Waals surface area contributed by atoms with Crippen LogP contribution in [0.25, 0.3) is 28.4 Å². The fourth-order valence-electron chi connectivity index (χ4n) is 2.72. The smallest absolute Gasteiger partial charge is 0.0894 e. The number of hydrogen-bond donors (Lipinski definition) is 0. The van der Waals surface area contributed by atoms with Crippen LogP contribution in [0.2, 0.25) is 0 Å². The van der Waals surface area contributed by atoms with E-state index in [9.17, 15) is 0 Å². The van der Waals surface area contributed by atoms with Gasteiger partial charge in [0.05, 0.1) is 28.6 Å². The summed E-state index contributed by atoms with van der Waals surface area (Å²) >= 11 is 0. The first kappa shape index (κ1) is 15.2. The average Bonchev–Trinajstić information content (AvgIpc) is 2.69. The first-order chi connectivity index (χ1) is 12.4. The summed E-state index contributed by atoms with van der Waals surface area (Å²) in [6.45, 7) is 0. The van der Waals surface area contributed by atoms with Crippen LogP contribution in [0.3, 0.4) is 0 Å². The molecule has 4 rings (SSSR count). The maximum atomic E-state index is 4.74. The molecule has 0 unspecified atom stereocenters. The van der Waals surface area contributed by atoms with Crippen molar-refractivity contribution >= 4 is 17.1 Å². The Labute approximate surface area is 146 Å². The van der Waals surface area contributed by atoms with Crippen LogP contribution in [0.1, 0.15) is 11.4 Å². The molecule has 0 fully saturated rings. The van der Waals surface area contributed by atoms with E-state index in [2.05, 4.69) is 28.2 Å². The predicted molar refractivity (Wildman–Crippen MR) is 102 cm³/mol. The van der Waals surface area contributed by atoms with E-state index in [1.807, 2.05) is 66.7 Å². The third-order valence-electron chi connectivity index (χ3n) is 3.96. The average molecular weight is 323 g/mol. The van der Waals surface area contributed by atoms with E-state index in [1.54, 1.807) is 6.20 Å². The minimum Gasteiger partial charge on any atom is -0.253 e. The highest BCUT2D eigenvalue weighted by atomic mass is 14.8. The van der Waals surface area contributed by atoms with Crippen LogP contribution >= 0.6 is 0 Å². The van der Waals surface area contributed by atoms with Crippen molar-refractivity contribution in [2.45, 2.75) is 6.42 Å². The highest BCUT2D eigenvalue weighted by molar-refractivity contribution is 5.74. The van der Waals surface area contributed by atoms with Gasteiger partial charge in [-0.15, -0.1) is 0 Å². The summed E-state index contributed by atoms with van der Waals surface area (Å²) in [6, 6.07) is 24.2. The van der Waals surface area contributed by atoms with Crippen LogP contribution < -0.4 is 0 Å². The zero-order valence-corrected chi connectivity index (χ0v) is 13.7. The molecule has 4 aromatic rings. The third kappa shape index (κ3) is 3.61. The van der Waals surface area contributed by atoms with E-state index in [1.165, 1.54) is 0 Å². The maximum absolute atomic E-state index is 4.74. The molecule has 0 amide bonds. The Balaban J connectivity index is 1.51. The SMILES string of the molecule is C(=C\c1cnc2ccccc2n1)/Cc1cccc(-c2ccccc2)n1.